The molecular formula is C12H13Cl2F2N. The van der Waals surface area contributed by atoms with Crippen molar-refractivity contribution in [2.24, 2.45) is 5.73 Å². The minimum atomic E-state index is -2.60. The minimum Gasteiger partial charge on any atom is -0.321 e. The topological polar surface area (TPSA) is 26.0 Å². The minimum absolute atomic E-state index is 0.202. The molecule has 1 saturated carbocycles. The van der Waals surface area contributed by atoms with Crippen LogP contribution >= 0.6 is 23.2 Å². The Balaban J connectivity index is 2.31. The fourth-order valence-electron chi connectivity index (χ4n) is 2.22. The van der Waals surface area contributed by atoms with Crippen LogP contribution < -0.4 is 5.73 Å². The van der Waals surface area contributed by atoms with Gasteiger partial charge in [0.2, 0.25) is 5.92 Å². The van der Waals surface area contributed by atoms with E-state index in [1.807, 2.05) is 0 Å². The molecule has 0 saturated heterocycles. The Bertz CT molecular complexity index is 425. The molecule has 2 rings (SSSR count). The van der Waals surface area contributed by atoms with E-state index in [1.54, 1.807) is 18.2 Å². The predicted molar refractivity (Wildman–Crippen MR) is 65.7 cm³/mol. The number of benzene rings is 1. The van der Waals surface area contributed by atoms with Crippen molar-refractivity contribution < 1.29 is 8.78 Å². The Morgan fingerprint density at radius 3 is 2.24 bits per heavy atom. The summed E-state index contributed by atoms with van der Waals surface area (Å²) in [6, 6.07) is 5.16. The van der Waals surface area contributed by atoms with Gasteiger partial charge in [0.25, 0.3) is 0 Å². The van der Waals surface area contributed by atoms with Gasteiger partial charge in [-0.25, -0.2) is 8.78 Å². The molecule has 1 fully saturated rings. The van der Waals surface area contributed by atoms with Crippen molar-refractivity contribution in [3.63, 3.8) is 0 Å². The van der Waals surface area contributed by atoms with Gasteiger partial charge in [0, 0.05) is 18.4 Å². The van der Waals surface area contributed by atoms with Crippen LogP contribution in [0.3, 0.4) is 0 Å². The van der Waals surface area contributed by atoms with Gasteiger partial charge in [0.05, 0.1) is 10.0 Å². The number of nitrogens with two attached hydrogens (primary N) is 1. The lowest BCUT2D eigenvalue weighted by atomic mass is 9.76. The van der Waals surface area contributed by atoms with E-state index in [-0.39, 0.29) is 25.7 Å². The molecule has 1 aromatic rings. The fourth-order valence-corrected chi connectivity index (χ4v) is 2.71. The van der Waals surface area contributed by atoms with Crippen molar-refractivity contribution in [2.75, 3.05) is 0 Å². The Hall–Kier alpha value is -0.380. The van der Waals surface area contributed by atoms with E-state index in [2.05, 4.69) is 0 Å². The summed E-state index contributed by atoms with van der Waals surface area (Å²) in [4.78, 5) is 0. The number of halogens is 4. The second kappa shape index (κ2) is 4.38. The highest BCUT2D eigenvalue weighted by atomic mass is 35.5. The first-order chi connectivity index (χ1) is 7.84. The van der Waals surface area contributed by atoms with Crippen LogP contribution in [0.15, 0.2) is 18.2 Å². The molecule has 0 radical (unpaired) electrons. The lowest BCUT2D eigenvalue weighted by molar-refractivity contribution is -0.0513. The highest BCUT2D eigenvalue weighted by Gasteiger charge is 2.42. The first-order valence-electron chi connectivity index (χ1n) is 5.45. The largest absolute Gasteiger partial charge is 0.321 e. The lowest BCUT2D eigenvalue weighted by Gasteiger charge is -2.38. The summed E-state index contributed by atoms with van der Waals surface area (Å²) in [6.45, 7) is 0. The summed E-state index contributed by atoms with van der Waals surface area (Å²) < 4.78 is 26.3. The second-order valence-electron chi connectivity index (χ2n) is 4.61. The number of hydrogen-bond donors (Lipinski definition) is 1. The van der Waals surface area contributed by atoms with Crippen LogP contribution in [0.25, 0.3) is 0 Å². The van der Waals surface area contributed by atoms with Crippen molar-refractivity contribution >= 4 is 23.2 Å². The van der Waals surface area contributed by atoms with Gasteiger partial charge in [0.15, 0.2) is 0 Å². The molecule has 1 aliphatic rings. The molecular weight excluding hydrogens is 267 g/mol. The fraction of sp³-hybridized carbons (Fsp3) is 0.500. The maximum absolute atomic E-state index is 13.1. The summed E-state index contributed by atoms with van der Waals surface area (Å²) >= 11 is 12.0. The van der Waals surface area contributed by atoms with Crippen LogP contribution in [0.1, 0.15) is 31.2 Å². The van der Waals surface area contributed by atoms with Gasteiger partial charge in [-0.1, -0.05) is 35.3 Å². The third-order valence-corrected chi connectivity index (χ3v) is 4.18. The third kappa shape index (κ3) is 2.56. The van der Waals surface area contributed by atoms with Crippen LogP contribution in [0.4, 0.5) is 8.78 Å². The van der Waals surface area contributed by atoms with E-state index in [0.717, 1.165) is 0 Å². The van der Waals surface area contributed by atoms with Crippen LogP contribution in [-0.2, 0) is 5.54 Å². The Labute approximate surface area is 109 Å². The van der Waals surface area contributed by atoms with Crippen LogP contribution in [0, 0.1) is 0 Å². The summed E-state index contributed by atoms with van der Waals surface area (Å²) in [7, 11) is 0. The smallest absolute Gasteiger partial charge is 0.248 e. The molecule has 5 heteroatoms. The molecule has 94 valence electrons. The van der Waals surface area contributed by atoms with E-state index in [4.69, 9.17) is 28.9 Å². The molecule has 0 aromatic heterocycles. The van der Waals surface area contributed by atoms with Crippen LogP contribution in [0.5, 0.6) is 0 Å². The first kappa shape index (κ1) is 13.1. The molecule has 0 bridgehead atoms. The predicted octanol–water partition coefficient (Wildman–Crippen LogP) is 4.36. The molecule has 1 nitrogen and oxygen atoms in total. The van der Waals surface area contributed by atoms with Gasteiger partial charge in [0.1, 0.15) is 0 Å². The van der Waals surface area contributed by atoms with E-state index in [0.29, 0.717) is 15.6 Å². The molecule has 1 aromatic carbocycles. The van der Waals surface area contributed by atoms with Gasteiger partial charge in [-0.2, -0.15) is 0 Å². The molecule has 0 heterocycles. The van der Waals surface area contributed by atoms with Crippen molar-refractivity contribution in [1.29, 1.82) is 0 Å². The Morgan fingerprint density at radius 1 is 1.06 bits per heavy atom. The van der Waals surface area contributed by atoms with Gasteiger partial charge in [-0.3, -0.25) is 0 Å². The zero-order chi connectivity index (χ0) is 12.7. The number of rotatable bonds is 1. The van der Waals surface area contributed by atoms with Crippen molar-refractivity contribution in [3.05, 3.63) is 33.8 Å². The quantitative estimate of drug-likeness (QED) is 0.812. The third-order valence-electron chi connectivity index (χ3n) is 3.36. The maximum atomic E-state index is 13.1. The van der Waals surface area contributed by atoms with Crippen molar-refractivity contribution in [1.82, 2.24) is 0 Å². The molecule has 0 amide bonds. The average molecular weight is 280 g/mol. The highest BCUT2D eigenvalue weighted by Crippen LogP contribution is 2.45. The van der Waals surface area contributed by atoms with Crippen LogP contribution in [0.2, 0.25) is 10.0 Å². The standard InChI is InChI=1S/C12H13Cl2F2N/c13-9-3-1-2-8(10(9)14)11(17)4-6-12(15,16)7-5-11/h1-3H,4-7,17H2. The average Bonchev–Trinajstić information content (AvgIpc) is 2.27. The molecule has 0 spiro atoms. The van der Waals surface area contributed by atoms with E-state index in [1.165, 1.54) is 0 Å². The number of hydrogen-bond acceptors (Lipinski definition) is 1. The molecule has 17 heavy (non-hydrogen) atoms. The van der Waals surface area contributed by atoms with E-state index in [9.17, 15) is 8.78 Å². The van der Waals surface area contributed by atoms with Gasteiger partial charge < -0.3 is 5.73 Å². The zero-order valence-corrected chi connectivity index (χ0v) is 10.7. The molecule has 0 unspecified atom stereocenters. The zero-order valence-electron chi connectivity index (χ0n) is 9.15. The maximum Gasteiger partial charge on any atom is 0.248 e. The van der Waals surface area contributed by atoms with E-state index >= 15 is 0 Å². The highest BCUT2D eigenvalue weighted by molar-refractivity contribution is 6.42. The second-order valence-corrected chi connectivity index (χ2v) is 5.40. The Morgan fingerprint density at radius 2 is 1.65 bits per heavy atom. The number of alkyl halides is 2. The summed E-state index contributed by atoms with van der Waals surface area (Å²) in [5.74, 6) is -2.60. The SMILES string of the molecule is NC1(c2cccc(Cl)c2Cl)CCC(F)(F)CC1. The van der Waals surface area contributed by atoms with E-state index < -0.39 is 11.5 Å². The summed E-state index contributed by atoms with van der Waals surface area (Å²) in [5.41, 5.74) is 6.08. The van der Waals surface area contributed by atoms with Crippen LogP contribution in [-0.4, -0.2) is 5.92 Å². The van der Waals surface area contributed by atoms with Gasteiger partial charge >= 0.3 is 0 Å². The summed E-state index contributed by atoms with van der Waals surface area (Å²) in [5, 5.41) is 0.785. The Kier molecular flexibility index (Phi) is 3.36. The first-order valence-corrected chi connectivity index (χ1v) is 6.21. The monoisotopic (exact) mass is 279 g/mol. The van der Waals surface area contributed by atoms with Crippen molar-refractivity contribution in [3.8, 4) is 0 Å². The molecule has 0 atom stereocenters. The normalized spacial score (nSPS) is 22.4. The molecule has 0 aliphatic heterocycles. The van der Waals surface area contributed by atoms with Gasteiger partial charge in [-0.05, 0) is 24.5 Å². The van der Waals surface area contributed by atoms with Gasteiger partial charge in [-0.15, -0.1) is 0 Å². The summed E-state index contributed by atoms with van der Waals surface area (Å²) in [6.07, 6.45) is 0.0405. The van der Waals surface area contributed by atoms with Crippen molar-refractivity contribution in [2.45, 2.75) is 37.1 Å². The molecule has 1 aliphatic carbocycles. The lowest BCUT2D eigenvalue weighted by Crippen LogP contribution is -2.43. The molecule has 2 N–H and O–H groups in total.